The monoisotopic (exact) mass is 580 g/mol. The number of ketones is 1. The lowest BCUT2D eigenvalue weighted by atomic mass is 9.78. The number of phenols is 2. The molecule has 4 nitrogen and oxygen atoms in total. The van der Waals surface area contributed by atoms with Crippen LogP contribution < -0.4 is 0 Å². The molecule has 0 saturated heterocycles. The molecule has 2 N–H and O–H groups in total. The lowest BCUT2D eigenvalue weighted by Gasteiger charge is -2.27. The smallest absolute Gasteiger partial charge is 0.507 e. The van der Waals surface area contributed by atoms with Crippen molar-refractivity contribution in [1.29, 1.82) is 0 Å². The Bertz CT molecular complexity index is 1320. The summed E-state index contributed by atoms with van der Waals surface area (Å²) in [5, 5.41) is 21.9. The summed E-state index contributed by atoms with van der Waals surface area (Å²) in [5.74, 6) is -0.381. The summed E-state index contributed by atoms with van der Waals surface area (Å²) >= 11 is 0. The maximum atomic E-state index is 13.3. The molecule has 0 aliphatic heterocycles. The van der Waals surface area contributed by atoms with Crippen LogP contribution in [0.25, 0.3) is 12.2 Å². The Hall–Kier alpha value is -3.35. The Morgan fingerprint density at radius 1 is 0.643 bits per heavy atom. The molecule has 0 saturated carbocycles. The third-order valence-corrected chi connectivity index (χ3v) is 6.89. The number of aromatic hydroxyl groups is 2. The highest BCUT2D eigenvalue weighted by Gasteiger charge is 2.27. The fraction of sp³-hybridized carbons (Fsp3) is 0.457. The van der Waals surface area contributed by atoms with Gasteiger partial charge in [0.2, 0.25) is 0 Å². The van der Waals surface area contributed by atoms with Gasteiger partial charge in [-0.15, -0.1) is 0 Å². The molecule has 0 atom stereocenters. The molecular formula is C35H47BF2O4. The van der Waals surface area contributed by atoms with Crippen LogP contribution in [0.4, 0.5) is 8.63 Å². The first-order chi connectivity index (χ1) is 18.9. The molecule has 0 fully saturated rings. The molecule has 0 aromatic heterocycles. The standard InChI is InChI=1S/C35H47BF2O4/c1-32(2,3)26-17-22(18-27(30(26)40)33(4,5)6)13-15-24(39)21-25(42-36(37)38)16-14-23-19-28(34(7,8)9)31(41)29(20-23)35(10,11)12/h13-21,40-41H,1-12H3/b15-13+,16-14+,25-21-. The summed E-state index contributed by atoms with van der Waals surface area (Å²) < 4.78 is 31.2. The third-order valence-electron chi connectivity index (χ3n) is 6.89. The highest BCUT2D eigenvalue weighted by Crippen LogP contribution is 2.41. The predicted molar refractivity (Wildman–Crippen MR) is 171 cm³/mol. The number of carbonyl (C=O) groups is 1. The first-order valence-corrected chi connectivity index (χ1v) is 14.2. The number of allylic oxidation sites excluding steroid dienone is 3. The van der Waals surface area contributed by atoms with Crippen LogP contribution in [0, 0.1) is 0 Å². The van der Waals surface area contributed by atoms with Gasteiger partial charge in [0.25, 0.3) is 0 Å². The normalized spacial score (nSPS) is 13.7. The fourth-order valence-electron chi connectivity index (χ4n) is 4.56. The van der Waals surface area contributed by atoms with Crippen molar-refractivity contribution < 1.29 is 28.3 Å². The van der Waals surface area contributed by atoms with Crippen LogP contribution >= 0.6 is 0 Å². The number of phenolic OH excluding ortho intramolecular Hbond substituents is 2. The van der Waals surface area contributed by atoms with Crippen molar-refractivity contribution in [1.82, 2.24) is 0 Å². The van der Waals surface area contributed by atoms with Crippen LogP contribution in [-0.2, 0) is 31.1 Å². The quantitative estimate of drug-likeness (QED) is 0.148. The van der Waals surface area contributed by atoms with E-state index in [1.165, 1.54) is 12.2 Å². The maximum absolute atomic E-state index is 13.3. The molecule has 0 aliphatic carbocycles. The molecule has 0 aliphatic rings. The summed E-state index contributed by atoms with van der Waals surface area (Å²) in [6.07, 6.45) is 6.85. The van der Waals surface area contributed by atoms with Gasteiger partial charge >= 0.3 is 7.47 Å². The van der Waals surface area contributed by atoms with Crippen molar-refractivity contribution >= 4 is 25.4 Å². The van der Waals surface area contributed by atoms with E-state index in [4.69, 9.17) is 0 Å². The second-order valence-corrected chi connectivity index (χ2v) is 14.9. The summed E-state index contributed by atoms with van der Waals surface area (Å²) in [7, 11) is -3.12. The summed E-state index contributed by atoms with van der Waals surface area (Å²) in [4.78, 5) is 12.9. The van der Waals surface area contributed by atoms with Gasteiger partial charge in [0, 0.05) is 28.3 Å². The molecule has 0 heterocycles. The van der Waals surface area contributed by atoms with Crippen molar-refractivity contribution in [2.24, 2.45) is 0 Å². The Morgan fingerprint density at radius 3 is 1.24 bits per heavy atom. The molecule has 7 heteroatoms. The molecule has 0 radical (unpaired) electrons. The number of rotatable bonds is 7. The molecule has 2 rings (SSSR count). The fourth-order valence-corrected chi connectivity index (χ4v) is 4.56. The minimum absolute atomic E-state index is 0.213. The van der Waals surface area contributed by atoms with Crippen molar-refractivity contribution in [2.45, 2.75) is 105 Å². The number of hydrogen-bond donors (Lipinski definition) is 2. The van der Waals surface area contributed by atoms with Crippen LogP contribution in [0.15, 0.2) is 48.3 Å². The van der Waals surface area contributed by atoms with Crippen LogP contribution in [0.1, 0.15) is 116 Å². The molecular weight excluding hydrogens is 533 g/mol. The minimum Gasteiger partial charge on any atom is -0.507 e. The predicted octanol–water partition coefficient (Wildman–Crippen LogP) is 9.41. The lowest BCUT2D eigenvalue weighted by molar-refractivity contribution is -0.110. The van der Waals surface area contributed by atoms with Crippen molar-refractivity contribution in [3.8, 4) is 11.5 Å². The second kappa shape index (κ2) is 12.5. The van der Waals surface area contributed by atoms with Gasteiger partial charge < -0.3 is 14.9 Å². The van der Waals surface area contributed by atoms with Gasteiger partial charge in [-0.3, -0.25) is 4.79 Å². The zero-order chi connectivity index (χ0) is 32.4. The topological polar surface area (TPSA) is 66.8 Å². The van der Waals surface area contributed by atoms with Crippen molar-refractivity contribution in [2.75, 3.05) is 0 Å². The van der Waals surface area contributed by atoms with E-state index in [9.17, 15) is 23.6 Å². The van der Waals surface area contributed by atoms with Crippen molar-refractivity contribution in [3.05, 3.63) is 81.6 Å². The van der Waals surface area contributed by atoms with E-state index in [1.54, 1.807) is 12.2 Å². The lowest BCUT2D eigenvalue weighted by Crippen LogP contribution is -2.17. The van der Waals surface area contributed by atoms with Gasteiger partial charge in [0.15, 0.2) is 5.78 Å². The second-order valence-electron chi connectivity index (χ2n) is 14.9. The molecule has 0 spiro atoms. The maximum Gasteiger partial charge on any atom is 0.796 e. The zero-order valence-corrected chi connectivity index (χ0v) is 27.2. The largest absolute Gasteiger partial charge is 0.796 e. The highest BCUT2D eigenvalue weighted by molar-refractivity contribution is 6.35. The van der Waals surface area contributed by atoms with E-state index in [-0.39, 0.29) is 38.9 Å². The van der Waals surface area contributed by atoms with Crippen LogP contribution in [-0.4, -0.2) is 23.5 Å². The van der Waals surface area contributed by atoms with Crippen LogP contribution in [0.3, 0.4) is 0 Å². The Balaban J connectivity index is 2.53. The van der Waals surface area contributed by atoms with Gasteiger partial charge in [0.05, 0.1) is 0 Å². The summed E-state index contributed by atoms with van der Waals surface area (Å²) in [6.45, 7) is 23.9. The SMILES string of the molecule is CC(C)(C)c1cc(/C=C/C(=O)/C=C(/C=C/c2cc(C(C)(C)C)c(O)c(C(C)(C)C)c2)OB(F)F)cc(C(C)(C)C)c1O. The molecule has 42 heavy (non-hydrogen) atoms. The van der Waals surface area contributed by atoms with Crippen LogP contribution in [0.5, 0.6) is 11.5 Å². The Morgan fingerprint density at radius 2 is 0.952 bits per heavy atom. The van der Waals surface area contributed by atoms with Gasteiger partial charge in [-0.2, -0.15) is 0 Å². The average Bonchev–Trinajstić information content (AvgIpc) is 2.79. The highest BCUT2D eigenvalue weighted by atomic mass is 19.2. The zero-order valence-electron chi connectivity index (χ0n) is 27.2. The van der Waals surface area contributed by atoms with E-state index >= 15 is 0 Å². The molecule has 0 unspecified atom stereocenters. The van der Waals surface area contributed by atoms with E-state index in [1.807, 2.05) is 107 Å². The number of halogens is 2. The van der Waals surface area contributed by atoms with E-state index in [2.05, 4.69) is 4.65 Å². The van der Waals surface area contributed by atoms with Crippen LogP contribution in [0.2, 0.25) is 0 Å². The molecule has 228 valence electrons. The average molecular weight is 581 g/mol. The number of hydrogen-bond acceptors (Lipinski definition) is 4. The first-order valence-electron chi connectivity index (χ1n) is 14.2. The van der Waals surface area contributed by atoms with E-state index in [0.29, 0.717) is 11.1 Å². The molecule has 0 bridgehead atoms. The molecule has 2 aromatic carbocycles. The first kappa shape index (κ1) is 34.9. The third kappa shape index (κ3) is 9.33. The number of benzene rings is 2. The minimum atomic E-state index is -3.12. The number of carbonyl (C=O) groups excluding carboxylic acids is 1. The van der Waals surface area contributed by atoms with Gasteiger partial charge in [-0.25, -0.2) is 8.63 Å². The van der Waals surface area contributed by atoms with E-state index < -0.39 is 13.3 Å². The van der Waals surface area contributed by atoms with E-state index in [0.717, 1.165) is 28.3 Å². The summed E-state index contributed by atoms with van der Waals surface area (Å²) in [6, 6.07) is 7.29. The van der Waals surface area contributed by atoms with Crippen molar-refractivity contribution in [3.63, 3.8) is 0 Å². The Labute approximate surface area is 251 Å². The molecule has 0 amide bonds. The van der Waals surface area contributed by atoms with Gasteiger partial charge in [0.1, 0.15) is 17.3 Å². The van der Waals surface area contributed by atoms with Gasteiger partial charge in [-0.05, 0) is 69.2 Å². The van der Waals surface area contributed by atoms with Gasteiger partial charge in [-0.1, -0.05) is 95.2 Å². The molecule has 2 aromatic rings. The Kier molecular flexibility index (Phi) is 10.4. The summed E-state index contributed by atoms with van der Waals surface area (Å²) in [5.41, 5.74) is 2.96.